The highest BCUT2D eigenvalue weighted by Crippen LogP contribution is 2.05. The van der Waals surface area contributed by atoms with Crippen LogP contribution in [0.15, 0.2) is 30.3 Å². The first kappa shape index (κ1) is 13.7. The molecule has 0 aliphatic carbocycles. The summed E-state index contributed by atoms with van der Waals surface area (Å²) >= 11 is 0. The van der Waals surface area contributed by atoms with Crippen molar-refractivity contribution in [3.8, 4) is 0 Å². The lowest BCUT2D eigenvalue weighted by atomic mass is 10.0. The average molecular weight is 234 g/mol. The molecule has 3 heteroatoms. The Morgan fingerprint density at radius 3 is 2.53 bits per heavy atom. The molecule has 1 aromatic carbocycles. The minimum atomic E-state index is -0.0618. The molecule has 1 amide bonds. The van der Waals surface area contributed by atoms with Gasteiger partial charge in [-0.15, -0.1) is 0 Å². The van der Waals surface area contributed by atoms with Crippen molar-refractivity contribution in [1.29, 1.82) is 0 Å². The van der Waals surface area contributed by atoms with E-state index in [1.807, 2.05) is 32.0 Å². The summed E-state index contributed by atoms with van der Waals surface area (Å²) in [6.07, 6.45) is 1.65. The Hall–Kier alpha value is -1.35. The molecule has 0 fully saturated rings. The van der Waals surface area contributed by atoms with Gasteiger partial charge < -0.3 is 11.1 Å². The molecule has 1 aromatic rings. The number of nitrogens with two attached hydrogens (primary N) is 1. The van der Waals surface area contributed by atoms with E-state index in [4.69, 9.17) is 5.73 Å². The first-order valence-electron chi connectivity index (χ1n) is 6.21. The molecule has 0 aromatic heterocycles. The van der Waals surface area contributed by atoms with E-state index < -0.39 is 0 Å². The van der Waals surface area contributed by atoms with Crippen molar-refractivity contribution < 1.29 is 4.79 Å². The van der Waals surface area contributed by atoms with Crippen LogP contribution in [0.1, 0.15) is 25.8 Å². The van der Waals surface area contributed by atoms with E-state index in [-0.39, 0.29) is 17.9 Å². The summed E-state index contributed by atoms with van der Waals surface area (Å²) in [4.78, 5) is 11.8. The molecule has 0 spiro atoms. The molecule has 2 atom stereocenters. The zero-order chi connectivity index (χ0) is 12.7. The van der Waals surface area contributed by atoms with Crippen molar-refractivity contribution in [3.63, 3.8) is 0 Å². The molecule has 1 rings (SSSR count). The van der Waals surface area contributed by atoms with E-state index in [0.717, 1.165) is 12.8 Å². The fraction of sp³-hybridized carbons (Fsp3) is 0.500. The van der Waals surface area contributed by atoms with Crippen LogP contribution in [0.3, 0.4) is 0 Å². The van der Waals surface area contributed by atoms with Crippen LogP contribution in [0, 0.1) is 5.92 Å². The van der Waals surface area contributed by atoms with Crippen molar-refractivity contribution in [2.24, 2.45) is 11.7 Å². The Kier molecular flexibility index (Phi) is 5.70. The SMILES string of the molecule is CCC(CN)C(=O)NC(C)Cc1ccccc1. The van der Waals surface area contributed by atoms with Crippen LogP contribution >= 0.6 is 0 Å². The Morgan fingerprint density at radius 2 is 2.00 bits per heavy atom. The maximum atomic E-state index is 11.8. The monoisotopic (exact) mass is 234 g/mol. The van der Waals surface area contributed by atoms with Gasteiger partial charge in [-0.3, -0.25) is 4.79 Å². The van der Waals surface area contributed by atoms with Gasteiger partial charge in [-0.05, 0) is 25.3 Å². The summed E-state index contributed by atoms with van der Waals surface area (Å²) in [6.45, 7) is 4.42. The molecule has 3 N–H and O–H groups in total. The molecule has 3 nitrogen and oxygen atoms in total. The highest BCUT2D eigenvalue weighted by Gasteiger charge is 2.16. The lowest BCUT2D eigenvalue weighted by Crippen LogP contribution is -2.40. The molecule has 2 unspecified atom stereocenters. The van der Waals surface area contributed by atoms with E-state index in [1.165, 1.54) is 5.56 Å². The molecular weight excluding hydrogens is 212 g/mol. The smallest absolute Gasteiger partial charge is 0.224 e. The second-order valence-electron chi connectivity index (χ2n) is 4.44. The predicted molar refractivity (Wildman–Crippen MR) is 70.6 cm³/mol. The number of hydrogen-bond acceptors (Lipinski definition) is 2. The molecule has 17 heavy (non-hydrogen) atoms. The van der Waals surface area contributed by atoms with Gasteiger partial charge in [0.25, 0.3) is 0 Å². The summed E-state index contributed by atoms with van der Waals surface area (Å²) in [7, 11) is 0. The topological polar surface area (TPSA) is 55.1 Å². The van der Waals surface area contributed by atoms with Crippen molar-refractivity contribution >= 4 is 5.91 Å². The van der Waals surface area contributed by atoms with Gasteiger partial charge in [-0.25, -0.2) is 0 Å². The van der Waals surface area contributed by atoms with Crippen LogP contribution in [0.5, 0.6) is 0 Å². The summed E-state index contributed by atoms with van der Waals surface area (Å²) in [5.74, 6) is 0.00616. The first-order chi connectivity index (χ1) is 8.17. The maximum Gasteiger partial charge on any atom is 0.224 e. The van der Waals surface area contributed by atoms with E-state index in [9.17, 15) is 4.79 Å². The summed E-state index contributed by atoms with van der Waals surface area (Å²) in [5.41, 5.74) is 6.79. The molecular formula is C14H22N2O. The van der Waals surface area contributed by atoms with Gasteiger partial charge in [0.1, 0.15) is 0 Å². The normalized spacial score (nSPS) is 14.1. The van der Waals surface area contributed by atoms with E-state index in [1.54, 1.807) is 0 Å². The van der Waals surface area contributed by atoms with Gasteiger partial charge in [0, 0.05) is 18.5 Å². The number of benzene rings is 1. The summed E-state index contributed by atoms with van der Waals surface area (Å²) < 4.78 is 0. The van der Waals surface area contributed by atoms with Crippen molar-refractivity contribution in [2.45, 2.75) is 32.7 Å². The highest BCUT2D eigenvalue weighted by atomic mass is 16.1. The molecule has 94 valence electrons. The van der Waals surface area contributed by atoms with Gasteiger partial charge in [0.15, 0.2) is 0 Å². The van der Waals surface area contributed by atoms with Crippen LogP contribution in [0.2, 0.25) is 0 Å². The fourth-order valence-electron chi connectivity index (χ4n) is 1.84. The number of amides is 1. The highest BCUT2D eigenvalue weighted by molar-refractivity contribution is 5.79. The van der Waals surface area contributed by atoms with Crippen molar-refractivity contribution in [3.05, 3.63) is 35.9 Å². The minimum Gasteiger partial charge on any atom is -0.353 e. The lowest BCUT2D eigenvalue weighted by Gasteiger charge is -2.18. The lowest BCUT2D eigenvalue weighted by molar-refractivity contribution is -0.125. The van der Waals surface area contributed by atoms with Gasteiger partial charge >= 0.3 is 0 Å². The predicted octanol–water partition coefficient (Wildman–Crippen LogP) is 1.72. The minimum absolute atomic E-state index is 0.0618. The summed E-state index contributed by atoms with van der Waals surface area (Å²) in [5, 5.41) is 3.01. The van der Waals surface area contributed by atoms with Crippen LogP contribution in [0.4, 0.5) is 0 Å². The fourth-order valence-corrected chi connectivity index (χ4v) is 1.84. The summed E-state index contributed by atoms with van der Waals surface area (Å²) in [6, 6.07) is 10.3. The Bertz CT molecular complexity index is 333. The van der Waals surface area contributed by atoms with Gasteiger partial charge in [0.2, 0.25) is 5.91 Å². The Balaban J connectivity index is 2.44. The second-order valence-corrected chi connectivity index (χ2v) is 4.44. The van der Waals surface area contributed by atoms with Crippen LogP contribution in [0.25, 0.3) is 0 Å². The molecule has 0 aliphatic heterocycles. The van der Waals surface area contributed by atoms with Gasteiger partial charge in [-0.2, -0.15) is 0 Å². The molecule has 0 aliphatic rings. The zero-order valence-corrected chi connectivity index (χ0v) is 10.6. The average Bonchev–Trinajstić information content (AvgIpc) is 2.31. The van der Waals surface area contributed by atoms with Crippen LogP contribution in [-0.2, 0) is 11.2 Å². The zero-order valence-electron chi connectivity index (χ0n) is 10.6. The van der Waals surface area contributed by atoms with Gasteiger partial charge in [-0.1, -0.05) is 37.3 Å². The largest absolute Gasteiger partial charge is 0.353 e. The first-order valence-corrected chi connectivity index (χ1v) is 6.21. The standard InChI is InChI=1S/C14H22N2O/c1-3-13(10-15)14(17)16-11(2)9-12-7-5-4-6-8-12/h4-8,11,13H,3,9-10,15H2,1-2H3,(H,16,17). The number of carbonyl (C=O) groups excluding carboxylic acids is 1. The van der Waals surface area contributed by atoms with Crippen molar-refractivity contribution in [1.82, 2.24) is 5.32 Å². The second kappa shape index (κ2) is 7.07. The molecule has 0 bridgehead atoms. The van der Waals surface area contributed by atoms with E-state index in [2.05, 4.69) is 17.4 Å². The molecule has 0 saturated carbocycles. The van der Waals surface area contributed by atoms with Crippen LogP contribution < -0.4 is 11.1 Å². The molecule has 0 radical (unpaired) electrons. The number of nitrogens with one attached hydrogen (secondary N) is 1. The Labute approximate surface area is 103 Å². The quantitative estimate of drug-likeness (QED) is 0.787. The van der Waals surface area contributed by atoms with Crippen LogP contribution in [-0.4, -0.2) is 18.5 Å². The third-order valence-electron chi connectivity index (χ3n) is 2.92. The molecule has 0 saturated heterocycles. The number of carbonyl (C=O) groups is 1. The Morgan fingerprint density at radius 1 is 1.35 bits per heavy atom. The maximum absolute atomic E-state index is 11.8. The van der Waals surface area contributed by atoms with Gasteiger partial charge in [0.05, 0.1) is 0 Å². The molecule has 0 heterocycles. The van der Waals surface area contributed by atoms with E-state index in [0.29, 0.717) is 6.54 Å². The van der Waals surface area contributed by atoms with Crippen molar-refractivity contribution in [2.75, 3.05) is 6.54 Å². The number of hydrogen-bond donors (Lipinski definition) is 2. The van der Waals surface area contributed by atoms with E-state index >= 15 is 0 Å². The number of rotatable bonds is 6. The third-order valence-corrected chi connectivity index (χ3v) is 2.92. The third kappa shape index (κ3) is 4.57.